The molecule has 0 aromatic rings. The van der Waals surface area contributed by atoms with E-state index < -0.39 is 36.9 Å². The first-order valence-electron chi connectivity index (χ1n) is 28.9. The number of nitrogens with one attached hydrogen (secondary N) is 1. The molecule has 6 nitrogen and oxygen atoms in total. The van der Waals surface area contributed by atoms with Gasteiger partial charge in [-0.15, -0.1) is 0 Å². The normalized spacial score (nSPS) is 14.0. The minimum Gasteiger partial charge on any atom is -0.394 e. The Bertz CT molecular complexity index is 1030. The molecule has 0 aliphatic carbocycles. The van der Waals surface area contributed by atoms with Crippen molar-refractivity contribution in [2.24, 2.45) is 0 Å². The molecule has 4 unspecified atom stereocenters. The fraction of sp³-hybridized carbons (Fsp3) is 0.881. The highest BCUT2D eigenvalue weighted by molar-refractivity contribution is 5.80. The van der Waals surface area contributed by atoms with E-state index in [9.17, 15) is 25.2 Å². The molecule has 4 atom stereocenters. The molecule has 65 heavy (non-hydrogen) atoms. The number of aliphatic hydroxyl groups excluding tert-OH is 4. The average Bonchev–Trinajstić information content (AvgIpc) is 3.31. The molecule has 6 heteroatoms. The third-order valence-electron chi connectivity index (χ3n) is 13.6. The van der Waals surface area contributed by atoms with Crippen molar-refractivity contribution in [1.29, 1.82) is 0 Å². The molecule has 5 N–H and O–H groups in total. The highest BCUT2D eigenvalue weighted by atomic mass is 16.3. The summed E-state index contributed by atoms with van der Waals surface area (Å²) in [6.07, 6.45) is 66.5. The summed E-state index contributed by atoms with van der Waals surface area (Å²) in [4.78, 5) is 12.6. The highest BCUT2D eigenvalue weighted by Gasteiger charge is 2.28. The molecule has 0 saturated carbocycles. The number of carbonyl (C=O) groups is 1. The second-order valence-corrected chi connectivity index (χ2v) is 20.0. The highest BCUT2D eigenvalue weighted by Crippen LogP contribution is 2.18. The van der Waals surface area contributed by atoms with E-state index in [0.29, 0.717) is 19.3 Å². The largest absolute Gasteiger partial charge is 0.394 e. The summed E-state index contributed by atoms with van der Waals surface area (Å²) >= 11 is 0. The summed E-state index contributed by atoms with van der Waals surface area (Å²) in [6.45, 7) is 4.07. The Hall–Kier alpha value is -1.47. The van der Waals surface area contributed by atoms with Crippen molar-refractivity contribution in [2.45, 2.75) is 327 Å². The minimum atomic E-state index is -1.29. The van der Waals surface area contributed by atoms with Gasteiger partial charge in [0, 0.05) is 0 Å². The van der Waals surface area contributed by atoms with Crippen LogP contribution in [0.1, 0.15) is 303 Å². The predicted octanol–water partition coefficient (Wildman–Crippen LogP) is 16.8. The van der Waals surface area contributed by atoms with Crippen LogP contribution >= 0.6 is 0 Å². The molecular weight excluding hydrogens is 803 g/mol. The van der Waals surface area contributed by atoms with Crippen LogP contribution in [0.5, 0.6) is 0 Å². The summed E-state index contributed by atoms with van der Waals surface area (Å²) in [5.74, 6) is -0.595. The first-order valence-corrected chi connectivity index (χ1v) is 28.9. The van der Waals surface area contributed by atoms with Gasteiger partial charge in [0.2, 0.25) is 5.91 Å². The zero-order chi connectivity index (χ0) is 47.4. The van der Waals surface area contributed by atoms with Crippen LogP contribution in [-0.2, 0) is 4.79 Å². The van der Waals surface area contributed by atoms with E-state index in [1.54, 1.807) is 0 Å². The van der Waals surface area contributed by atoms with Crippen molar-refractivity contribution in [3.8, 4) is 0 Å². The van der Waals surface area contributed by atoms with Gasteiger partial charge in [-0.05, 0) is 64.2 Å². The predicted molar refractivity (Wildman–Crippen MR) is 284 cm³/mol. The second kappa shape index (κ2) is 53.5. The number of carbonyl (C=O) groups excluding carboxylic acids is 1. The van der Waals surface area contributed by atoms with Crippen LogP contribution in [0.15, 0.2) is 36.5 Å². The van der Waals surface area contributed by atoms with Gasteiger partial charge in [-0.3, -0.25) is 4.79 Å². The quantitative estimate of drug-likeness (QED) is 0.0308. The van der Waals surface area contributed by atoms with Crippen LogP contribution in [-0.4, -0.2) is 57.3 Å². The Morgan fingerprint density at radius 1 is 0.369 bits per heavy atom. The lowest BCUT2D eigenvalue weighted by molar-refractivity contribution is -0.132. The molecule has 0 aromatic carbocycles. The van der Waals surface area contributed by atoms with Gasteiger partial charge < -0.3 is 25.7 Å². The van der Waals surface area contributed by atoms with Gasteiger partial charge in [-0.1, -0.05) is 275 Å². The molecule has 0 radical (unpaired) electrons. The summed E-state index contributed by atoms with van der Waals surface area (Å²) in [5.41, 5.74) is 0. The summed E-state index contributed by atoms with van der Waals surface area (Å²) in [7, 11) is 0. The minimum absolute atomic E-state index is 0.362. The van der Waals surface area contributed by atoms with E-state index in [-0.39, 0.29) is 0 Å². The first kappa shape index (κ1) is 63.5. The van der Waals surface area contributed by atoms with Gasteiger partial charge in [0.05, 0.1) is 18.8 Å². The molecule has 384 valence electrons. The molecule has 0 aliphatic rings. The molecular formula is C59H113NO5. The van der Waals surface area contributed by atoms with Crippen molar-refractivity contribution in [3.63, 3.8) is 0 Å². The topological polar surface area (TPSA) is 110 Å². The van der Waals surface area contributed by atoms with Gasteiger partial charge in [0.1, 0.15) is 12.2 Å². The summed E-state index contributed by atoms with van der Waals surface area (Å²) < 4.78 is 0. The van der Waals surface area contributed by atoms with E-state index >= 15 is 0 Å². The summed E-state index contributed by atoms with van der Waals surface area (Å²) in [5, 5.41) is 44.0. The fourth-order valence-electron chi connectivity index (χ4n) is 9.03. The Balaban J connectivity index is 3.67. The Morgan fingerprint density at radius 2 is 0.646 bits per heavy atom. The molecule has 0 aromatic heterocycles. The molecule has 0 saturated heterocycles. The Labute approximate surface area is 405 Å². The van der Waals surface area contributed by atoms with Crippen molar-refractivity contribution in [1.82, 2.24) is 5.32 Å². The van der Waals surface area contributed by atoms with Crippen LogP contribution in [0.3, 0.4) is 0 Å². The van der Waals surface area contributed by atoms with E-state index in [2.05, 4.69) is 55.6 Å². The average molecular weight is 917 g/mol. The second-order valence-electron chi connectivity index (χ2n) is 20.0. The summed E-state index contributed by atoms with van der Waals surface area (Å²) in [6, 6.07) is -1.01. The maximum Gasteiger partial charge on any atom is 0.249 e. The van der Waals surface area contributed by atoms with Gasteiger partial charge in [-0.25, -0.2) is 0 Å². The van der Waals surface area contributed by atoms with Crippen molar-refractivity contribution in [2.75, 3.05) is 6.61 Å². The number of rotatable bonds is 53. The van der Waals surface area contributed by atoms with Gasteiger partial charge in [0.15, 0.2) is 0 Å². The number of allylic oxidation sites excluding steroid dienone is 6. The number of amides is 1. The maximum absolute atomic E-state index is 12.6. The van der Waals surface area contributed by atoms with Crippen LogP contribution in [0.2, 0.25) is 0 Å². The number of aliphatic hydroxyl groups is 4. The van der Waals surface area contributed by atoms with Gasteiger partial charge in [-0.2, -0.15) is 0 Å². The standard InChI is InChI=1S/C59H113NO5/c1-3-5-7-9-11-13-15-17-19-21-23-25-27-28-29-31-33-35-37-39-41-43-45-47-49-51-53-57(63)59(65)60-55(54-61)58(64)56(62)52-50-48-46-44-42-40-38-36-34-32-30-26-24-22-20-18-16-14-12-10-8-6-4-2/h26,30,36,38,44,46,55-58,61-64H,3-25,27-29,31-35,37,39-43,45,47-54H2,1-2H3,(H,60,65)/b30-26+,38-36+,46-44+. The molecule has 0 bridgehead atoms. The van der Waals surface area contributed by atoms with E-state index in [4.69, 9.17) is 0 Å². The third-order valence-corrected chi connectivity index (χ3v) is 13.6. The van der Waals surface area contributed by atoms with Crippen molar-refractivity contribution in [3.05, 3.63) is 36.5 Å². The smallest absolute Gasteiger partial charge is 0.249 e. The zero-order valence-corrected chi connectivity index (χ0v) is 43.5. The molecule has 0 aliphatic heterocycles. The molecule has 0 spiro atoms. The number of hydrogen-bond donors (Lipinski definition) is 5. The Kier molecular flexibility index (Phi) is 52.3. The van der Waals surface area contributed by atoms with Gasteiger partial charge in [0.25, 0.3) is 0 Å². The third kappa shape index (κ3) is 47.4. The fourth-order valence-corrected chi connectivity index (χ4v) is 9.03. The number of hydrogen-bond acceptors (Lipinski definition) is 5. The number of unbranched alkanes of at least 4 members (excludes halogenated alkanes) is 38. The van der Waals surface area contributed by atoms with Crippen molar-refractivity contribution >= 4 is 5.91 Å². The molecule has 0 rings (SSSR count). The van der Waals surface area contributed by atoms with Crippen LogP contribution < -0.4 is 5.32 Å². The SMILES string of the molecule is CCCCCCCCCCCC/C=C/CC/C=C/CC/C=C/CCCC(O)C(O)C(CO)NC(=O)C(O)CCCCCCCCCCCCCCCCCCCCCCCCCCCC. The molecule has 1 amide bonds. The monoisotopic (exact) mass is 916 g/mol. The van der Waals surface area contributed by atoms with E-state index in [1.807, 2.05) is 0 Å². The van der Waals surface area contributed by atoms with E-state index in [1.165, 1.54) is 218 Å². The van der Waals surface area contributed by atoms with Crippen LogP contribution in [0.25, 0.3) is 0 Å². The maximum atomic E-state index is 12.6. The molecule has 0 fully saturated rings. The Morgan fingerprint density at radius 3 is 0.969 bits per heavy atom. The van der Waals surface area contributed by atoms with Crippen LogP contribution in [0.4, 0.5) is 0 Å². The van der Waals surface area contributed by atoms with Crippen molar-refractivity contribution < 1.29 is 25.2 Å². The lowest BCUT2D eigenvalue weighted by atomic mass is 10.00. The van der Waals surface area contributed by atoms with Gasteiger partial charge >= 0.3 is 0 Å². The lowest BCUT2D eigenvalue weighted by Gasteiger charge is -2.27. The first-order chi connectivity index (χ1) is 32.0. The van der Waals surface area contributed by atoms with Crippen LogP contribution in [0, 0.1) is 0 Å². The van der Waals surface area contributed by atoms with E-state index in [0.717, 1.165) is 51.4 Å². The zero-order valence-electron chi connectivity index (χ0n) is 43.5. The molecule has 0 heterocycles. The lowest BCUT2D eigenvalue weighted by Crippen LogP contribution is -2.53.